The predicted molar refractivity (Wildman–Crippen MR) is 123 cm³/mol. The quantitative estimate of drug-likeness (QED) is 0.607. The normalized spacial score (nSPS) is 17.7. The fraction of sp³-hybridized carbons (Fsp3) is 0.375. The molecule has 0 unspecified atom stereocenters. The third-order valence-electron chi connectivity index (χ3n) is 5.80. The average molecular weight is 443 g/mol. The number of fused-ring (bicyclic) bond motifs is 1. The Kier molecular flexibility index (Phi) is 6.39. The summed E-state index contributed by atoms with van der Waals surface area (Å²) in [6.45, 7) is 2.58. The van der Waals surface area contributed by atoms with Gasteiger partial charge in [0.2, 0.25) is 5.75 Å². The van der Waals surface area contributed by atoms with Gasteiger partial charge in [0, 0.05) is 16.2 Å². The van der Waals surface area contributed by atoms with Gasteiger partial charge in [0.1, 0.15) is 0 Å². The predicted octanol–water partition coefficient (Wildman–Crippen LogP) is 4.70. The van der Waals surface area contributed by atoms with Gasteiger partial charge in [-0.1, -0.05) is 24.1 Å². The molecule has 2 aliphatic rings. The Morgan fingerprint density at radius 3 is 2.26 bits per heavy atom. The minimum absolute atomic E-state index is 0.0309. The number of methoxy groups -OCH3 is 3. The number of carbonyl (C=O) groups excluding carboxylic acids is 1. The van der Waals surface area contributed by atoms with Crippen molar-refractivity contribution in [3.8, 4) is 17.2 Å². The van der Waals surface area contributed by atoms with Crippen LogP contribution in [0, 0.1) is 0 Å². The van der Waals surface area contributed by atoms with Crippen molar-refractivity contribution in [3.05, 3.63) is 46.5 Å². The molecule has 31 heavy (non-hydrogen) atoms. The minimum Gasteiger partial charge on any atom is -0.493 e. The highest BCUT2D eigenvalue weighted by atomic mass is 35.5. The zero-order valence-electron chi connectivity index (χ0n) is 18.1. The number of nitrogens with zero attached hydrogens (tertiary/aromatic N) is 2. The molecular weight excluding hydrogens is 416 g/mol. The molecule has 0 aromatic heterocycles. The first-order chi connectivity index (χ1) is 15.0. The summed E-state index contributed by atoms with van der Waals surface area (Å²) in [5, 5.41) is 0.615. The Balaban J connectivity index is 1.75. The molecule has 0 N–H and O–H groups in total. The number of anilines is 1. The summed E-state index contributed by atoms with van der Waals surface area (Å²) in [4.78, 5) is 17.6. The summed E-state index contributed by atoms with van der Waals surface area (Å²) in [7, 11) is 4.72. The second kappa shape index (κ2) is 9.20. The molecule has 1 fully saturated rings. The second-order valence-electron chi connectivity index (χ2n) is 7.73. The number of likely N-dealkylation sites (tertiary alicyclic amines) is 1. The Morgan fingerprint density at radius 2 is 1.65 bits per heavy atom. The number of benzene rings is 2. The zero-order chi connectivity index (χ0) is 22.0. The summed E-state index contributed by atoms with van der Waals surface area (Å²) in [5.41, 5.74) is 3.14. The molecule has 0 spiro atoms. The van der Waals surface area contributed by atoms with Crippen molar-refractivity contribution in [1.29, 1.82) is 0 Å². The van der Waals surface area contributed by atoms with Gasteiger partial charge in [-0.15, -0.1) is 0 Å². The molecule has 0 aliphatic carbocycles. The van der Waals surface area contributed by atoms with Gasteiger partial charge >= 0.3 is 0 Å². The molecule has 2 aliphatic heterocycles. The number of hydrogen-bond acceptors (Lipinski definition) is 5. The molecule has 1 amide bonds. The average Bonchev–Trinajstić information content (AvgIpc) is 3.04. The maximum atomic E-state index is 13.5. The van der Waals surface area contributed by atoms with Gasteiger partial charge in [0.25, 0.3) is 5.91 Å². The van der Waals surface area contributed by atoms with Crippen LogP contribution in [0.4, 0.5) is 5.69 Å². The van der Waals surface area contributed by atoms with E-state index in [4.69, 9.17) is 25.8 Å². The minimum atomic E-state index is -0.0309. The molecule has 4 rings (SSSR count). The van der Waals surface area contributed by atoms with Gasteiger partial charge in [-0.05, 0) is 61.8 Å². The van der Waals surface area contributed by atoms with E-state index in [1.165, 1.54) is 19.3 Å². The molecule has 0 atom stereocenters. The van der Waals surface area contributed by atoms with E-state index in [-0.39, 0.29) is 5.91 Å². The molecule has 164 valence electrons. The summed E-state index contributed by atoms with van der Waals surface area (Å²) in [6, 6.07) is 9.28. The van der Waals surface area contributed by atoms with Gasteiger partial charge in [0.05, 0.1) is 33.7 Å². The summed E-state index contributed by atoms with van der Waals surface area (Å²) in [6.07, 6.45) is 5.45. The number of piperidine rings is 1. The highest BCUT2D eigenvalue weighted by Crippen LogP contribution is 2.42. The first-order valence-electron chi connectivity index (χ1n) is 10.4. The van der Waals surface area contributed by atoms with Crippen LogP contribution in [-0.4, -0.2) is 51.9 Å². The Hall–Kier alpha value is -2.70. The largest absolute Gasteiger partial charge is 0.493 e. The lowest BCUT2D eigenvalue weighted by Crippen LogP contribution is -2.42. The van der Waals surface area contributed by atoms with Crippen molar-refractivity contribution in [2.45, 2.75) is 19.3 Å². The molecular formula is C24H27ClN2O4. The van der Waals surface area contributed by atoms with E-state index in [0.717, 1.165) is 29.9 Å². The number of amides is 1. The van der Waals surface area contributed by atoms with E-state index in [1.54, 1.807) is 21.3 Å². The number of carbonyl (C=O) groups is 1. The summed E-state index contributed by atoms with van der Waals surface area (Å²) < 4.78 is 16.3. The third kappa shape index (κ3) is 4.23. The summed E-state index contributed by atoms with van der Waals surface area (Å²) in [5.74, 6) is 1.57. The van der Waals surface area contributed by atoms with Crippen molar-refractivity contribution >= 4 is 34.8 Å². The van der Waals surface area contributed by atoms with Gasteiger partial charge in [0.15, 0.2) is 11.5 Å². The fourth-order valence-corrected chi connectivity index (χ4v) is 4.42. The Bertz CT molecular complexity index is 990. The van der Waals surface area contributed by atoms with E-state index in [0.29, 0.717) is 34.5 Å². The van der Waals surface area contributed by atoms with Crippen molar-refractivity contribution < 1.29 is 19.0 Å². The molecule has 7 heteroatoms. The molecule has 2 aromatic carbocycles. The van der Waals surface area contributed by atoms with Crippen LogP contribution >= 0.6 is 11.6 Å². The number of hydrogen-bond donors (Lipinski definition) is 0. The van der Waals surface area contributed by atoms with Crippen LogP contribution in [0.25, 0.3) is 11.6 Å². The van der Waals surface area contributed by atoms with Crippen molar-refractivity contribution in [1.82, 2.24) is 4.90 Å². The number of ether oxygens (including phenoxy) is 3. The first kappa shape index (κ1) is 21.5. The number of rotatable bonds is 6. The van der Waals surface area contributed by atoms with Crippen molar-refractivity contribution in [2.75, 3.05) is 46.0 Å². The fourth-order valence-electron chi connectivity index (χ4n) is 4.26. The van der Waals surface area contributed by atoms with E-state index in [1.807, 2.05) is 41.3 Å². The van der Waals surface area contributed by atoms with Crippen LogP contribution in [0.1, 0.15) is 30.4 Å². The second-order valence-corrected chi connectivity index (χ2v) is 8.17. The molecule has 2 heterocycles. The zero-order valence-corrected chi connectivity index (χ0v) is 18.9. The monoisotopic (exact) mass is 442 g/mol. The lowest BCUT2D eigenvalue weighted by Gasteiger charge is -2.30. The maximum Gasteiger partial charge on any atom is 0.260 e. The molecule has 2 aromatic rings. The molecule has 0 radical (unpaired) electrons. The van der Waals surface area contributed by atoms with Crippen LogP contribution in [0.3, 0.4) is 0 Å². The van der Waals surface area contributed by atoms with Gasteiger partial charge < -0.3 is 14.2 Å². The van der Waals surface area contributed by atoms with E-state index < -0.39 is 0 Å². The summed E-state index contributed by atoms with van der Waals surface area (Å²) >= 11 is 6.28. The Morgan fingerprint density at radius 1 is 0.968 bits per heavy atom. The SMILES string of the molecule is COc1cc(/C=C2\C(=O)N(CN3CCCCC3)c3cc(Cl)ccc32)cc(OC)c1OC. The molecule has 1 saturated heterocycles. The van der Waals surface area contributed by atoms with Gasteiger partial charge in [-0.3, -0.25) is 14.6 Å². The topological polar surface area (TPSA) is 51.2 Å². The van der Waals surface area contributed by atoms with Gasteiger partial charge in [-0.25, -0.2) is 0 Å². The van der Waals surface area contributed by atoms with Crippen LogP contribution in [-0.2, 0) is 4.79 Å². The third-order valence-corrected chi connectivity index (χ3v) is 6.04. The van der Waals surface area contributed by atoms with Crippen LogP contribution in [0.15, 0.2) is 30.3 Å². The molecule has 0 saturated carbocycles. The van der Waals surface area contributed by atoms with E-state index >= 15 is 0 Å². The molecule has 0 bridgehead atoms. The highest BCUT2D eigenvalue weighted by Gasteiger charge is 2.34. The van der Waals surface area contributed by atoms with E-state index in [2.05, 4.69) is 4.90 Å². The number of halogens is 1. The highest BCUT2D eigenvalue weighted by molar-refractivity contribution is 6.37. The first-order valence-corrected chi connectivity index (χ1v) is 10.8. The molecule has 6 nitrogen and oxygen atoms in total. The van der Waals surface area contributed by atoms with E-state index in [9.17, 15) is 4.79 Å². The standard InChI is InChI=1S/C24H27ClN2O4/c1-29-21-12-16(13-22(30-2)23(21)31-3)11-19-18-8-7-17(25)14-20(18)27(24(19)28)15-26-9-5-4-6-10-26/h7-8,11-14H,4-6,9-10,15H2,1-3H3/b19-11-. The lowest BCUT2D eigenvalue weighted by atomic mass is 10.0. The smallest absolute Gasteiger partial charge is 0.260 e. The van der Waals surface area contributed by atoms with Crippen LogP contribution in [0.2, 0.25) is 5.02 Å². The Labute approximate surface area is 187 Å². The van der Waals surface area contributed by atoms with Crippen molar-refractivity contribution in [3.63, 3.8) is 0 Å². The lowest BCUT2D eigenvalue weighted by molar-refractivity contribution is -0.113. The van der Waals surface area contributed by atoms with Crippen molar-refractivity contribution in [2.24, 2.45) is 0 Å². The van der Waals surface area contributed by atoms with Gasteiger partial charge in [-0.2, -0.15) is 0 Å². The maximum absolute atomic E-state index is 13.5. The van der Waals surface area contributed by atoms with Crippen LogP contribution in [0.5, 0.6) is 17.2 Å². The van der Waals surface area contributed by atoms with Crippen LogP contribution < -0.4 is 19.1 Å².